The second kappa shape index (κ2) is 5.54. The maximum Gasteiger partial charge on any atom is 0.433 e. The first kappa shape index (κ1) is 14.7. The van der Waals surface area contributed by atoms with Crippen molar-refractivity contribution >= 4 is 34.6 Å². The Kier molecular flexibility index (Phi) is 3.54. The van der Waals surface area contributed by atoms with Gasteiger partial charge in [-0.15, -0.1) is 0 Å². The number of nitrogens with two attached hydrogens (primary N) is 1. The van der Waals surface area contributed by atoms with E-state index >= 15 is 0 Å². The van der Waals surface area contributed by atoms with Gasteiger partial charge in [-0.25, -0.2) is 19.6 Å². The molecule has 9 nitrogen and oxygen atoms in total. The summed E-state index contributed by atoms with van der Waals surface area (Å²) in [6.45, 7) is 0. The van der Waals surface area contributed by atoms with Crippen molar-refractivity contribution in [3.05, 3.63) is 45.8 Å². The highest BCUT2D eigenvalue weighted by Crippen LogP contribution is 2.28. The zero-order valence-corrected chi connectivity index (χ0v) is 12.0. The van der Waals surface area contributed by atoms with Crippen molar-refractivity contribution in [2.45, 2.75) is 0 Å². The van der Waals surface area contributed by atoms with Crippen LogP contribution in [0.25, 0.3) is 22.4 Å². The average molecular weight is 334 g/mol. The molecule has 2 aromatic heterocycles. The van der Waals surface area contributed by atoms with Crippen molar-refractivity contribution in [3.8, 4) is 11.3 Å². The molecule has 0 aliphatic rings. The zero-order chi connectivity index (χ0) is 16.6. The fraction of sp³-hybridized carbons (Fsp3) is 0. The lowest BCUT2D eigenvalue weighted by Gasteiger charge is -2.04. The number of fused-ring (bicyclic) bond motifs is 1. The van der Waals surface area contributed by atoms with E-state index in [2.05, 4.69) is 19.9 Å². The Morgan fingerprint density at radius 3 is 2.87 bits per heavy atom. The number of nitrogens with one attached hydrogen (secondary N) is 1. The number of oxazole rings is 1. The van der Waals surface area contributed by atoms with E-state index in [4.69, 9.17) is 26.9 Å². The molecule has 0 fully saturated rings. The van der Waals surface area contributed by atoms with Gasteiger partial charge in [-0.1, -0.05) is 11.6 Å². The van der Waals surface area contributed by atoms with Crippen LogP contribution >= 0.6 is 11.6 Å². The highest BCUT2D eigenvalue weighted by Gasteiger charge is 2.12. The SMILES string of the molecule is NC(=NC(=O)O)c1cc(-c2cc(Cl)c3oc(=O)[nH]c3c2)ncn1. The number of H-pyrrole nitrogens is 1. The maximum atomic E-state index is 11.2. The minimum Gasteiger partial charge on any atom is -0.463 e. The second-order valence-electron chi connectivity index (χ2n) is 4.42. The number of aromatic amines is 1. The van der Waals surface area contributed by atoms with E-state index < -0.39 is 11.8 Å². The molecule has 3 rings (SSSR count). The molecule has 0 bridgehead atoms. The van der Waals surface area contributed by atoms with Gasteiger partial charge in [-0.2, -0.15) is 4.99 Å². The maximum absolute atomic E-state index is 11.2. The van der Waals surface area contributed by atoms with Gasteiger partial charge < -0.3 is 15.3 Å². The molecule has 1 amide bonds. The predicted octanol–water partition coefficient (Wildman–Crippen LogP) is 1.61. The molecular weight excluding hydrogens is 326 g/mol. The lowest BCUT2D eigenvalue weighted by atomic mass is 10.1. The first-order chi connectivity index (χ1) is 10.9. The summed E-state index contributed by atoms with van der Waals surface area (Å²) in [6, 6.07) is 4.62. The highest BCUT2D eigenvalue weighted by atomic mass is 35.5. The van der Waals surface area contributed by atoms with Gasteiger partial charge in [0.25, 0.3) is 0 Å². The molecule has 3 aromatic rings. The van der Waals surface area contributed by atoms with Gasteiger partial charge in [-0.3, -0.25) is 4.98 Å². The molecular formula is C13H8ClN5O4. The Balaban J connectivity index is 2.12. The van der Waals surface area contributed by atoms with Gasteiger partial charge in [-0.05, 0) is 18.2 Å². The molecule has 0 aliphatic carbocycles. The van der Waals surface area contributed by atoms with Crippen LogP contribution in [0.1, 0.15) is 5.69 Å². The number of rotatable bonds is 2. The summed E-state index contributed by atoms with van der Waals surface area (Å²) in [5, 5.41) is 8.84. The first-order valence-electron chi connectivity index (χ1n) is 6.16. The second-order valence-corrected chi connectivity index (χ2v) is 4.82. The van der Waals surface area contributed by atoms with Crippen molar-refractivity contribution in [1.29, 1.82) is 0 Å². The number of hydrogen-bond acceptors (Lipinski definition) is 5. The van der Waals surface area contributed by atoms with E-state index in [-0.39, 0.29) is 22.1 Å². The molecule has 0 saturated heterocycles. The van der Waals surface area contributed by atoms with E-state index in [0.29, 0.717) is 16.8 Å². The molecule has 116 valence electrons. The Bertz CT molecular complexity index is 1010. The first-order valence-corrected chi connectivity index (χ1v) is 6.54. The molecule has 1 aromatic carbocycles. The van der Waals surface area contributed by atoms with Crippen molar-refractivity contribution in [3.63, 3.8) is 0 Å². The Morgan fingerprint density at radius 2 is 2.13 bits per heavy atom. The van der Waals surface area contributed by atoms with Gasteiger partial charge in [0.1, 0.15) is 12.0 Å². The van der Waals surface area contributed by atoms with Crippen LogP contribution < -0.4 is 11.5 Å². The largest absolute Gasteiger partial charge is 0.463 e. The van der Waals surface area contributed by atoms with Gasteiger partial charge >= 0.3 is 11.8 Å². The minimum absolute atomic E-state index is 0.148. The number of hydrogen-bond donors (Lipinski definition) is 3. The van der Waals surface area contributed by atoms with E-state index in [0.717, 1.165) is 0 Å². The third-order valence-corrected chi connectivity index (χ3v) is 3.20. The van der Waals surface area contributed by atoms with Crippen LogP contribution in [0.2, 0.25) is 5.02 Å². The fourth-order valence-corrected chi connectivity index (χ4v) is 2.24. The third-order valence-electron chi connectivity index (χ3n) is 2.92. The van der Waals surface area contributed by atoms with Crippen LogP contribution in [-0.2, 0) is 0 Å². The molecule has 0 spiro atoms. The summed E-state index contributed by atoms with van der Waals surface area (Å²) in [6.07, 6.45) is -0.214. The van der Waals surface area contributed by atoms with Crippen molar-refractivity contribution in [2.75, 3.05) is 0 Å². The Labute approximate surface area is 132 Å². The van der Waals surface area contributed by atoms with E-state index in [1.54, 1.807) is 12.1 Å². The van der Waals surface area contributed by atoms with E-state index in [1.807, 2.05) is 0 Å². The number of amidine groups is 1. The number of benzene rings is 1. The monoisotopic (exact) mass is 333 g/mol. The third kappa shape index (κ3) is 2.90. The summed E-state index contributed by atoms with van der Waals surface area (Å²) in [7, 11) is 0. The van der Waals surface area contributed by atoms with Gasteiger partial charge in [0, 0.05) is 5.56 Å². The summed E-state index contributed by atoms with van der Waals surface area (Å²) >= 11 is 6.07. The highest BCUT2D eigenvalue weighted by molar-refractivity contribution is 6.35. The van der Waals surface area contributed by atoms with Crippen LogP contribution in [0.5, 0.6) is 0 Å². The van der Waals surface area contributed by atoms with Crippen molar-refractivity contribution < 1.29 is 14.3 Å². The number of nitrogens with zero attached hydrogens (tertiary/aromatic N) is 3. The lowest BCUT2D eigenvalue weighted by molar-refractivity contribution is 0.205. The normalized spacial score (nSPS) is 11.8. The van der Waals surface area contributed by atoms with Gasteiger partial charge in [0.05, 0.1) is 16.2 Å². The number of aromatic nitrogens is 3. The van der Waals surface area contributed by atoms with Gasteiger partial charge in [0.15, 0.2) is 11.4 Å². The Morgan fingerprint density at radius 1 is 1.35 bits per heavy atom. The van der Waals surface area contributed by atoms with E-state index in [9.17, 15) is 9.59 Å². The molecule has 10 heteroatoms. The topological polar surface area (TPSA) is 147 Å². The molecule has 0 atom stereocenters. The average Bonchev–Trinajstić information content (AvgIpc) is 2.88. The number of aliphatic imine (C=N–C) groups is 1. The summed E-state index contributed by atoms with van der Waals surface area (Å²) in [5.41, 5.74) is 7.33. The summed E-state index contributed by atoms with van der Waals surface area (Å²) in [5.74, 6) is -0.884. The van der Waals surface area contributed by atoms with Crippen molar-refractivity contribution in [2.24, 2.45) is 10.7 Å². The minimum atomic E-state index is -1.43. The summed E-state index contributed by atoms with van der Waals surface area (Å²) in [4.78, 5) is 35.4. The van der Waals surface area contributed by atoms with Gasteiger partial charge in [0.2, 0.25) is 0 Å². The lowest BCUT2D eigenvalue weighted by Crippen LogP contribution is -2.17. The number of carbonyl (C=O) groups is 1. The molecule has 2 heterocycles. The zero-order valence-electron chi connectivity index (χ0n) is 11.3. The smallest absolute Gasteiger partial charge is 0.433 e. The molecule has 0 aliphatic heterocycles. The number of carboxylic acid groups (broad SMARTS) is 1. The van der Waals surface area contributed by atoms with Crippen LogP contribution in [0, 0.1) is 0 Å². The Hall–Kier alpha value is -3.20. The molecule has 23 heavy (non-hydrogen) atoms. The standard InChI is InChI=1S/C13H8ClN5O4/c14-6-1-5(2-8-10(6)23-13(22)18-8)7-3-9(17-4-16-7)11(15)19-12(20)21/h1-4H,(H2,15,19)(H,18,22)(H,20,21). The number of amides is 1. The van der Waals surface area contributed by atoms with Crippen molar-refractivity contribution in [1.82, 2.24) is 15.0 Å². The van der Waals surface area contributed by atoms with E-state index in [1.165, 1.54) is 12.4 Å². The fourth-order valence-electron chi connectivity index (χ4n) is 1.98. The van der Waals surface area contributed by atoms with Crippen LogP contribution in [0.4, 0.5) is 4.79 Å². The van der Waals surface area contributed by atoms with Crippen LogP contribution in [-0.4, -0.2) is 32.0 Å². The molecule has 0 unspecified atom stereocenters. The van der Waals surface area contributed by atoms with Crippen LogP contribution in [0.15, 0.2) is 38.7 Å². The molecule has 0 saturated carbocycles. The predicted molar refractivity (Wildman–Crippen MR) is 81.6 cm³/mol. The molecule has 0 radical (unpaired) electrons. The molecule has 4 N–H and O–H groups in total. The van der Waals surface area contributed by atoms with Crippen LogP contribution in [0.3, 0.4) is 0 Å². The summed E-state index contributed by atoms with van der Waals surface area (Å²) < 4.78 is 4.92. The quantitative estimate of drug-likeness (QED) is 0.476. The number of halogens is 1.